The molecule has 0 saturated heterocycles. The van der Waals surface area contributed by atoms with E-state index in [0.717, 1.165) is 5.56 Å². The molecule has 0 saturated carbocycles. The maximum atomic E-state index is 10.7. The van der Waals surface area contributed by atoms with Crippen molar-refractivity contribution < 1.29 is 14.1 Å². The summed E-state index contributed by atoms with van der Waals surface area (Å²) in [6, 6.07) is 13.3. The molecule has 0 atom stereocenters. The fourth-order valence-electron chi connectivity index (χ4n) is 1.87. The second-order valence-electron chi connectivity index (χ2n) is 4.53. The molecule has 0 fully saturated rings. The molecule has 0 aliphatic heterocycles. The SMILES string of the molecule is O=[N+]([O-])c1ccc(OCc2nnc(-c3ccccc3)o2)c(Cl)c1. The highest BCUT2D eigenvalue weighted by Gasteiger charge is 2.12. The van der Waals surface area contributed by atoms with E-state index in [-0.39, 0.29) is 23.2 Å². The Kier molecular flexibility index (Phi) is 4.20. The van der Waals surface area contributed by atoms with Crippen LogP contribution in [0.1, 0.15) is 5.89 Å². The van der Waals surface area contributed by atoms with Crippen molar-refractivity contribution in [2.75, 3.05) is 0 Å². The summed E-state index contributed by atoms with van der Waals surface area (Å²) in [7, 11) is 0. The lowest BCUT2D eigenvalue weighted by atomic mass is 10.2. The molecule has 0 aliphatic carbocycles. The van der Waals surface area contributed by atoms with E-state index < -0.39 is 4.92 Å². The Balaban J connectivity index is 1.70. The number of hydrogen-bond acceptors (Lipinski definition) is 6. The number of non-ortho nitro benzene ring substituents is 1. The summed E-state index contributed by atoms with van der Waals surface area (Å²) in [5.41, 5.74) is 0.700. The number of aromatic nitrogens is 2. The van der Waals surface area contributed by atoms with Crippen LogP contribution in [0, 0.1) is 10.1 Å². The topological polar surface area (TPSA) is 91.3 Å². The van der Waals surface area contributed by atoms with E-state index in [4.69, 9.17) is 20.8 Å². The molecule has 0 aliphatic rings. The van der Waals surface area contributed by atoms with E-state index >= 15 is 0 Å². The number of ether oxygens (including phenoxy) is 1. The van der Waals surface area contributed by atoms with Crippen LogP contribution in [0.25, 0.3) is 11.5 Å². The molecule has 8 heteroatoms. The number of rotatable bonds is 5. The van der Waals surface area contributed by atoms with E-state index in [1.165, 1.54) is 18.2 Å². The minimum atomic E-state index is -0.528. The quantitative estimate of drug-likeness (QED) is 0.520. The molecule has 2 aromatic carbocycles. The highest BCUT2D eigenvalue weighted by Crippen LogP contribution is 2.29. The average molecular weight is 332 g/mol. The van der Waals surface area contributed by atoms with Crippen molar-refractivity contribution in [3.8, 4) is 17.2 Å². The smallest absolute Gasteiger partial charge is 0.271 e. The fraction of sp³-hybridized carbons (Fsp3) is 0.0667. The van der Waals surface area contributed by atoms with Crippen LogP contribution >= 0.6 is 11.6 Å². The van der Waals surface area contributed by atoms with Crippen molar-refractivity contribution in [2.24, 2.45) is 0 Å². The summed E-state index contributed by atoms with van der Waals surface area (Å²) in [6.45, 7) is 0.0113. The average Bonchev–Trinajstić information content (AvgIpc) is 3.03. The Bertz CT molecular complexity index is 836. The maximum Gasteiger partial charge on any atom is 0.271 e. The predicted octanol–water partition coefficient (Wildman–Crippen LogP) is 3.88. The van der Waals surface area contributed by atoms with Crippen LogP contribution < -0.4 is 4.74 Å². The highest BCUT2D eigenvalue weighted by atomic mass is 35.5. The molecule has 3 aromatic rings. The van der Waals surface area contributed by atoms with Crippen molar-refractivity contribution in [3.63, 3.8) is 0 Å². The zero-order chi connectivity index (χ0) is 16.2. The first-order valence-corrected chi connectivity index (χ1v) is 6.96. The zero-order valence-electron chi connectivity index (χ0n) is 11.7. The van der Waals surface area contributed by atoms with Gasteiger partial charge in [0, 0.05) is 17.7 Å². The molecule has 0 radical (unpaired) electrons. The predicted molar refractivity (Wildman–Crippen MR) is 82.2 cm³/mol. The lowest BCUT2D eigenvalue weighted by Crippen LogP contribution is -1.97. The summed E-state index contributed by atoms with van der Waals surface area (Å²) < 4.78 is 11.0. The number of nitro benzene ring substituents is 1. The number of halogens is 1. The number of benzene rings is 2. The Labute approximate surface area is 135 Å². The first kappa shape index (κ1) is 15.0. The molecule has 1 heterocycles. The highest BCUT2D eigenvalue weighted by molar-refractivity contribution is 6.32. The van der Waals surface area contributed by atoms with Gasteiger partial charge in [-0.2, -0.15) is 0 Å². The lowest BCUT2D eigenvalue weighted by molar-refractivity contribution is -0.384. The molecule has 0 bridgehead atoms. The summed E-state index contributed by atoms with van der Waals surface area (Å²) in [5, 5.41) is 18.6. The summed E-state index contributed by atoms with van der Waals surface area (Å²) in [5.74, 6) is 0.967. The zero-order valence-corrected chi connectivity index (χ0v) is 12.4. The molecule has 23 heavy (non-hydrogen) atoms. The van der Waals surface area contributed by atoms with E-state index in [2.05, 4.69) is 10.2 Å². The first-order chi connectivity index (χ1) is 11.1. The van der Waals surface area contributed by atoms with Crippen LogP contribution in [0.3, 0.4) is 0 Å². The molecular weight excluding hydrogens is 322 g/mol. The van der Waals surface area contributed by atoms with E-state index in [1.807, 2.05) is 30.3 Å². The van der Waals surface area contributed by atoms with Crippen LogP contribution in [-0.2, 0) is 6.61 Å². The van der Waals surface area contributed by atoms with Gasteiger partial charge in [0.2, 0.25) is 5.89 Å². The summed E-state index contributed by atoms with van der Waals surface area (Å²) in [4.78, 5) is 10.1. The largest absolute Gasteiger partial charge is 0.482 e. The minimum absolute atomic E-state index is 0.0113. The van der Waals surface area contributed by atoms with Crippen molar-refractivity contribution >= 4 is 17.3 Å². The summed E-state index contributed by atoms with van der Waals surface area (Å²) >= 11 is 5.94. The molecule has 1 aromatic heterocycles. The summed E-state index contributed by atoms with van der Waals surface area (Å²) in [6.07, 6.45) is 0. The van der Waals surface area contributed by atoms with Crippen molar-refractivity contribution in [1.82, 2.24) is 10.2 Å². The van der Waals surface area contributed by atoms with Gasteiger partial charge >= 0.3 is 0 Å². The second-order valence-corrected chi connectivity index (χ2v) is 4.93. The van der Waals surface area contributed by atoms with Crippen molar-refractivity contribution in [2.45, 2.75) is 6.61 Å². The van der Waals surface area contributed by atoms with E-state index in [9.17, 15) is 10.1 Å². The molecule has 0 N–H and O–H groups in total. The van der Waals surface area contributed by atoms with E-state index in [1.54, 1.807) is 0 Å². The van der Waals surface area contributed by atoms with Gasteiger partial charge in [0.15, 0.2) is 6.61 Å². The van der Waals surface area contributed by atoms with Crippen molar-refractivity contribution in [3.05, 3.63) is 69.6 Å². The third-order valence-electron chi connectivity index (χ3n) is 2.97. The molecule has 7 nitrogen and oxygen atoms in total. The van der Waals surface area contributed by atoms with Crippen molar-refractivity contribution in [1.29, 1.82) is 0 Å². The standard InChI is InChI=1S/C15H10ClN3O4/c16-12-8-11(19(20)21)6-7-13(12)22-9-14-17-18-15(23-14)10-4-2-1-3-5-10/h1-8H,9H2. The van der Waals surface area contributed by atoms with Gasteiger partial charge in [-0.05, 0) is 18.2 Å². The Morgan fingerprint density at radius 2 is 1.96 bits per heavy atom. The van der Waals surface area contributed by atoms with Crippen LogP contribution in [0.5, 0.6) is 5.75 Å². The monoisotopic (exact) mass is 331 g/mol. The first-order valence-electron chi connectivity index (χ1n) is 6.58. The number of hydrogen-bond donors (Lipinski definition) is 0. The Hall–Kier alpha value is -2.93. The number of nitro groups is 1. The third-order valence-corrected chi connectivity index (χ3v) is 3.26. The molecule has 0 spiro atoms. The molecule has 0 amide bonds. The van der Waals surface area contributed by atoms with Gasteiger partial charge in [-0.1, -0.05) is 29.8 Å². The normalized spacial score (nSPS) is 10.5. The van der Waals surface area contributed by atoms with Crippen LogP contribution in [0.4, 0.5) is 5.69 Å². The second kappa shape index (κ2) is 6.45. The van der Waals surface area contributed by atoms with Gasteiger partial charge in [-0.15, -0.1) is 10.2 Å². The van der Waals surface area contributed by atoms with Crippen LogP contribution in [0.15, 0.2) is 52.9 Å². The molecule has 116 valence electrons. The van der Waals surface area contributed by atoms with Crippen LogP contribution in [0.2, 0.25) is 5.02 Å². The van der Waals surface area contributed by atoms with Gasteiger partial charge in [0.1, 0.15) is 5.75 Å². The van der Waals surface area contributed by atoms with Gasteiger partial charge in [0.05, 0.1) is 9.95 Å². The Morgan fingerprint density at radius 1 is 1.17 bits per heavy atom. The van der Waals surface area contributed by atoms with Crippen LogP contribution in [-0.4, -0.2) is 15.1 Å². The van der Waals surface area contributed by atoms with E-state index in [0.29, 0.717) is 11.6 Å². The minimum Gasteiger partial charge on any atom is -0.482 e. The fourth-order valence-corrected chi connectivity index (χ4v) is 2.10. The molecular formula is C15H10ClN3O4. The van der Waals surface area contributed by atoms with Gasteiger partial charge < -0.3 is 9.15 Å². The van der Waals surface area contributed by atoms with Gasteiger partial charge in [0.25, 0.3) is 11.6 Å². The molecule has 3 rings (SSSR count). The third kappa shape index (κ3) is 3.46. The molecule has 0 unspecified atom stereocenters. The Morgan fingerprint density at radius 3 is 2.65 bits per heavy atom. The number of nitrogens with zero attached hydrogens (tertiary/aromatic N) is 3. The van der Waals surface area contributed by atoms with Gasteiger partial charge in [-0.25, -0.2) is 0 Å². The van der Waals surface area contributed by atoms with Gasteiger partial charge in [-0.3, -0.25) is 10.1 Å². The lowest BCUT2D eigenvalue weighted by Gasteiger charge is -2.05. The maximum absolute atomic E-state index is 10.7.